The molecule has 1 fully saturated rings. The molecule has 32 heavy (non-hydrogen) atoms. The molecule has 11 heteroatoms. The van der Waals surface area contributed by atoms with Gasteiger partial charge in [0.1, 0.15) is 4.90 Å². The van der Waals surface area contributed by atoms with Crippen LogP contribution in [-0.4, -0.2) is 50.5 Å². The van der Waals surface area contributed by atoms with Crippen molar-refractivity contribution >= 4 is 33.3 Å². The fourth-order valence-corrected chi connectivity index (χ4v) is 4.16. The van der Waals surface area contributed by atoms with Gasteiger partial charge in [-0.3, -0.25) is 4.72 Å². The van der Waals surface area contributed by atoms with E-state index in [-0.39, 0.29) is 22.3 Å². The number of aromatic nitrogens is 2. The molecule has 0 radical (unpaired) electrons. The SMILES string of the molecule is COC(=O)c1cc(COC2CNC2)ccc1NS(=O)(=O)c1cnn(-c2ccc(Cl)cc2)c1. The lowest BCUT2D eigenvalue weighted by Crippen LogP contribution is -2.48. The Hall–Kier alpha value is -2.92. The largest absolute Gasteiger partial charge is 0.465 e. The van der Waals surface area contributed by atoms with Gasteiger partial charge in [-0.05, 0) is 42.0 Å². The normalized spacial score (nSPS) is 14.1. The van der Waals surface area contributed by atoms with E-state index in [1.165, 1.54) is 30.3 Å². The van der Waals surface area contributed by atoms with E-state index >= 15 is 0 Å². The standard InChI is InChI=1S/C21H21ClN4O5S/c1-30-21(27)19-8-14(13-31-17-9-23-10-17)2-7-20(19)25-32(28,29)18-11-24-26(12-18)16-5-3-15(22)4-6-16/h2-8,11-12,17,23,25H,9-10,13H2,1H3. The molecule has 168 valence electrons. The number of nitrogens with one attached hydrogen (secondary N) is 2. The quantitative estimate of drug-likeness (QED) is 0.480. The van der Waals surface area contributed by atoms with Crippen molar-refractivity contribution in [2.24, 2.45) is 0 Å². The molecular weight excluding hydrogens is 456 g/mol. The summed E-state index contributed by atoms with van der Waals surface area (Å²) in [5.74, 6) is -0.660. The molecule has 0 unspecified atom stereocenters. The first-order chi connectivity index (χ1) is 15.4. The third-order valence-corrected chi connectivity index (χ3v) is 6.50. The van der Waals surface area contributed by atoms with Gasteiger partial charge in [-0.1, -0.05) is 17.7 Å². The van der Waals surface area contributed by atoms with Crippen LogP contribution in [0.15, 0.2) is 59.8 Å². The molecule has 0 aliphatic carbocycles. The van der Waals surface area contributed by atoms with E-state index < -0.39 is 16.0 Å². The fraction of sp³-hybridized carbons (Fsp3) is 0.238. The molecule has 9 nitrogen and oxygen atoms in total. The lowest BCUT2D eigenvalue weighted by atomic mass is 10.1. The monoisotopic (exact) mass is 476 g/mol. The number of esters is 1. The van der Waals surface area contributed by atoms with Crippen LogP contribution in [-0.2, 0) is 26.1 Å². The summed E-state index contributed by atoms with van der Waals surface area (Å²) < 4.78 is 40.3. The second kappa shape index (κ2) is 9.29. The zero-order valence-electron chi connectivity index (χ0n) is 17.1. The van der Waals surface area contributed by atoms with E-state index in [1.807, 2.05) is 0 Å². The smallest absolute Gasteiger partial charge is 0.340 e. The zero-order chi connectivity index (χ0) is 22.7. The van der Waals surface area contributed by atoms with Gasteiger partial charge in [-0.2, -0.15) is 5.10 Å². The Bertz CT molecular complexity index is 1220. The number of carbonyl (C=O) groups is 1. The van der Waals surface area contributed by atoms with Crippen LogP contribution in [0.25, 0.3) is 5.69 Å². The Labute approximate surface area is 190 Å². The van der Waals surface area contributed by atoms with Crippen LogP contribution in [0.1, 0.15) is 15.9 Å². The molecule has 1 aliphatic heterocycles. The second-order valence-electron chi connectivity index (χ2n) is 7.17. The molecule has 0 spiro atoms. The highest BCUT2D eigenvalue weighted by Crippen LogP contribution is 2.24. The van der Waals surface area contributed by atoms with Crippen molar-refractivity contribution in [1.29, 1.82) is 0 Å². The molecule has 3 aromatic rings. The zero-order valence-corrected chi connectivity index (χ0v) is 18.7. The fourth-order valence-electron chi connectivity index (χ4n) is 3.03. The maximum atomic E-state index is 12.9. The van der Waals surface area contributed by atoms with Gasteiger partial charge in [-0.25, -0.2) is 17.9 Å². The lowest BCUT2D eigenvalue weighted by Gasteiger charge is -2.27. The van der Waals surface area contributed by atoms with Crippen molar-refractivity contribution in [2.75, 3.05) is 24.9 Å². The minimum Gasteiger partial charge on any atom is -0.465 e. The predicted octanol–water partition coefficient (Wildman–Crippen LogP) is 2.60. The molecule has 0 atom stereocenters. The summed E-state index contributed by atoms with van der Waals surface area (Å²) in [5, 5.41) is 7.78. The molecular formula is C21H21ClN4O5S. The van der Waals surface area contributed by atoms with Gasteiger partial charge in [0.05, 0.1) is 49.2 Å². The Morgan fingerprint density at radius 3 is 2.66 bits per heavy atom. The molecule has 2 N–H and O–H groups in total. The lowest BCUT2D eigenvalue weighted by molar-refractivity contribution is 0.00756. The number of hydrogen-bond donors (Lipinski definition) is 2. The first kappa shape index (κ1) is 22.3. The van der Waals surface area contributed by atoms with E-state index in [0.717, 1.165) is 18.7 Å². The third kappa shape index (κ3) is 4.94. The summed E-state index contributed by atoms with van der Waals surface area (Å²) in [7, 11) is -2.78. The Kier molecular flexibility index (Phi) is 6.47. The summed E-state index contributed by atoms with van der Waals surface area (Å²) in [6.45, 7) is 1.87. The van der Waals surface area contributed by atoms with Gasteiger partial charge < -0.3 is 14.8 Å². The summed E-state index contributed by atoms with van der Waals surface area (Å²) >= 11 is 5.89. The van der Waals surface area contributed by atoms with E-state index in [9.17, 15) is 13.2 Å². The van der Waals surface area contributed by atoms with Gasteiger partial charge in [0.25, 0.3) is 10.0 Å². The number of rotatable bonds is 8. The van der Waals surface area contributed by atoms with Crippen LogP contribution in [0.2, 0.25) is 5.02 Å². The van der Waals surface area contributed by atoms with Crippen LogP contribution in [0.5, 0.6) is 0 Å². The number of anilines is 1. The summed E-state index contributed by atoms with van der Waals surface area (Å²) in [5.41, 5.74) is 1.58. The number of benzene rings is 2. The van der Waals surface area contributed by atoms with Gasteiger partial charge >= 0.3 is 5.97 Å². The molecule has 1 aliphatic rings. The Morgan fingerprint density at radius 1 is 1.25 bits per heavy atom. The first-order valence-electron chi connectivity index (χ1n) is 9.73. The van der Waals surface area contributed by atoms with Crippen molar-refractivity contribution in [2.45, 2.75) is 17.6 Å². The summed E-state index contributed by atoms with van der Waals surface area (Å²) in [6.07, 6.45) is 2.73. The molecule has 1 aromatic heterocycles. The van der Waals surface area contributed by atoms with E-state index in [1.54, 1.807) is 36.4 Å². The Balaban J connectivity index is 1.56. The van der Waals surface area contributed by atoms with E-state index in [0.29, 0.717) is 17.3 Å². The van der Waals surface area contributed by atoms with Crippen LogP contribution in [0, 0.1) is 0 Å². The highest BCUT2D eigenvalue weighted by Gasteiger charge is 2.22. The van der Waals surface area contributed by atoms with Crippen LogP contribution < -0.4 is 10.0 Å². The number of hydrogen-bond acceptors (Lipinski definition) is 7. The number of carbonyl (C=O) groups excluding carboxylic acids is 1. The van der Waals surface area contributed by atoms with Gasteiger partial charge in [0.2, 0.25) is 0 Å². The van der Waals surface area contributed by atoms with Crippen LogP contribution >= 0.6 is 11.6 Å². The molecule has 1 saturated heterocycles. The number of sulfonamides is 1. The number of halogens is 1. The van der Waals surface area contributed by atoms with Gasteiger partial charge in [0, 0.05) is 18.1 Å². The van der Waals surface area contributed by atoms with Gasteiger partial charge in [-0.15, -0.1) is 0 Å². The third-order valence-electron chi connectivity index (χ3n) is 4.92. The van der Waals surface area contributed by atoms with Crippen LogP contribution in [0.3, 0.4) is 0 Å². The molecule has 0 bridgehead atoms. The molecule has 0 saturated carbocycles. The Morgan fingerprint density at radius 2 is 2.00 bits per heavy atom. The highest BCUT2D eigenvalue weighted by molar-refractivity contribution is 7.92. The summed E-state index contributed by atoms with van der Waals surface area (Å²) in [4.78, 5) is 12.2. The van der Waals surface area contributed by atoms with Crippen molar-refractivity contribution in [3.8, 4) is 5.69 Å². The molecule has 2 aromatic carbocycles. The van der Waals surface area contributed by atoms with Crippen molar-refractivity contribution in [3.05, 3.63) is 71.0 Å². The number of nitrogens with zero attached hydrogens (tertiary/aromatic N) is 2. The van der Waals surface area contributed by atoms with Crippen molar-refractivity contribution < 1.29 is 22.7 Å². The van der Waals surface area contributed by atoms with E-state index in [2.05, 4.69) is 15.1 Å². The highest BCUT2D eigenvalue weighted by atomic mass is 35.5. The van der Waals surface area contributed by atoms with Gasteiger partial charge in [0.15, 0.2) is 0 Å². The number of ether oxygens (including phenoxy) is 2. The molecule has 2 heterocycles. The average Bonchev–Trinajstić information content (AvgIpc) is 3.24. The molecule has 0 amide bonds. The minimum absolute atomic E-state index is 0.0619. The second-order valence-corrected chi connectivity index (χ2v) is 9.28. The van der Waals surface area contributed by atoms with Crippen LogP contribution in [0.4, 0.5) is 5.69 Å². The summed E-state index contributed by atoms with van der Waals surface area (Å²) in [6, 6.07) is 11.6. The van der Waals surface area contributed by atoms with Crippen molar-refractivity contribution in [1.82, 2.24) is 15.1 Å². The first-order valence-corrected chi connectivity index (χ1v) is 11.6. The predicted molar refractivity (Wildman–Crippen MR) is 119 cm³/mol. The van der Waals surface area contributed by atoms with Crippen molar-refractivity contribution in [3.63, 3.8) is 0 Å². The minimum atomic E-state index is -4.01. The average molecular weight is 477 g/mol. The van der Waals surface area contributed by atoms with E-state index in [4.69, 9.17) is 21.1 Å². The number of methoxy groups -OCH3 is 1. The maximum Gasteiger partial charge on any atom is 0.340 e. The maximum absolute atomic E-state index is 12.9. The molecule has 4 rings (SSSR count). The topological polar surface area (TPSA) is 112 Å².